The molecule has 3 aromatic rings. The monoisotopic (exact) mass is 682 g/mol. The fourth-order valence-electron chi connectivity index (χ4n) is 7.21. The number of anilines is 3. The third kappa shape index (κ3) is 10.6. The highest BCUT2D eigenvalue weighted by atomic mass is 16.5. The van der Waals surface area contributed by atoms with Crippen molar-refractivity contribution in [2.45, 2.75) is 121 Å². The van der Waals surface area contributed by atoms with Crippen LogP contribution in [0.4, 0.5) is 17.1 Å². The first-order chi connectivity index (χ1) is 23.2. The van der Waals surface area contributed by atoms with Crippen molar-refractivity contribution in [1.29, 1.82) is 0 Å². The summed E-state index contributed by atoms with van der Waals surface area (Å²) in [7, 11) is 5.19. The van der Waals surface area contributed by atoms with Gasteiger partial charge in [0, 0.05) is 58.0 Å². The Hall–Kier alpha value is -3.87. The highest BCUT2D eigenvalue weighted by Crippen LogP contribution is 2.31. The summed E-state index contributed by atoms with van der Waals surface area (Å²) < 4.78 is 21.4. The molecule has 3 aliphatic rings. The predicted molar refractivity (Wildman–Crippen MR) is 197 cm³/mol. The summed E-state index contributed by atoms with van der Waals surface area (Å²) in [5.74, 6) is 0. The first-order valence-electron chi connectivity index (χ1n) is 17.1. The number of hydrogen-bond donors (Lipinski definition) is 3. The zero-order chi connectivity index (χ0) is 34.6. The maximum atomic E-state index is 11.9. The fourth-order valence-corrected chi connectivity index (χ4v) is 7.21. The standard InChI is InChI=1S/3C12H18N2O2.CH4/c3*1-16-10-5-2-4-9(8-10)14-7-3-6-11(13)12(14)15;/h3*3,6-7,9-10H,2,4-5,8,13H2,1H3;1H4/t3*9-,10+;/m100./s1. The second-order valence-corrected chi connectivity index (χ2v) is 13.1. The van der Waals surface area contributed by atoms with Crippen LogP contribution in [0.5, 0.6) is 0 Å². The molecule has 0 saturated heterocycles. The van der Waals surface area contributed by atoms with E-state index in [9.17, 15) is 14.4 Å². The van der Waals surface area contributed by atoms with E-state index in [2.05, 4.69) is 0 Å². The smallest absolute Gasteiger partial charge is 0.273 e. The van der Waals surface area contributed by atoms with Gasteiger partial charge in [-0.2, -0.15) is 0 Å². The number of nitrogens with two attached hydrogens (primary N) is 3. The Morgan fingerprint density at radius 3 is 1.02 bits per heavy atom. The predicted octanol–water partition coefficient (Wildman–Crippen LogP) is 5.32. The van der Waals surface area contributed by atoms with E-state index in [1.165, 1.54) is 0 Å². The average molecular weight is 683 g/mol. The topological polar surface area (TPSA) is 172 Å². The Morgan fingerprint density at radius 2 is 0.776 bits per heavy atom. The van der Waals surface area contributed by atoms with E-state index in [0.717, 1.165) is 77.0 Å². The van der Waals surface area contributed by atoms with Gasteiger partial charge in [0.15, 0.2) is 0 Å². The molecule has 3 heterocycles. The third-order valence-corrected chi connectivity index (χ3v) is 9.99. The first-order valence-corrected chi connectivity index (χ1v) is 17.1. The van der Waals surface area contributed by atoms with Crippen molar-refractivity contribution in [2.24, 2.45) is 0 Å². The van der Waals surface area contributed by atoms with Crippen molar-refractivity contribution in [2.75, 3.05) is 38.5 Å². The maximum Gasteiger partial charge on any atom is 0.273 e. The number of pyridine rings is 3. The van der Waals surface area contributed by atoms with Crippen LogP contribution in [0.2, 0.25) is 0 Å². The van der Waals surface area contributed by atoms with Gasteiger partial charge in [-0.3, -0.25) is 14.4 Å². The quantitative estimate of drug-likeness (QED) is 0.311. The molecule has 6 N–H and O–H groups in total. The molecule has 3 aromatic heterocycles. The van der Waals surface area contributed by atoms with Gasteiger partial charge in [0.05, 0.1) is 35.4 Å². The second-order valence-electron chi connectivity index (χ2n) is 13.1. The number of hydrogen-bond acceptors (Lipinski definition) is 9. The van der Waals surface area contributed by atoms with E-state index < -0.39 is 0 Å². The zero-order valence-electron chi connectivity index (χ0n) is 28.7. The van der Waals surface area contributed by atoms with E-state index in [1.54, 1.807) is 53.2 Å². The van der Waals surface area contributed by atoms with Gasteiger partial charge >= 0.3 is 0 Å². The summed E-state index contributed by atoms with van der Waals surface area (Å²) in [4.78, 5) is 35.6. The van der Waals surface area contributed by atoms with Crippen LogP contribution in [0.3, 0.4) is 0 Å². The minimum absolute atomic E-state index is 0. The van der Waals surface area contributed by atoms with Crippen molar-refractivity contribution >= 4 is 17.1 Å². The van der Waals surface area contributed by atoms with Gasteiger partial charge in [-0.15, -0.1) is 0 Å². The number of nitrogen functional groups attached to an aromatic ring is 3. The minimum atomic E-state index is -0.0794. The lowest BCUT2D eigenvalue weighted by Gasteiger charge is -2.29. The van der Waals surface area contributed by atoms with Crippen molar-refractivity contribution in [1.82, 2.24) is 13.7 Å². The van der Waals surface area contributed by atoms with Gasteiger partial charge in [0.25, 0.3) is 16.7 Å². The molecule has 0 radical (unpaired) electrons. The van der Waals surface area contributed by atoms with Crippen LogP contribution in [-0.4, -0.2) is 53.3 Å². The van der Waals surface area contributed by atoms with Crippen molar-refractivity contribution < 1.29 is 14.2 Å². The van der Waals surface area contributed by atoms with E-state index in [1.807, 2.05) is 36.8 Å². The van der Waals surface area contributed by atoms with Crippen molar-refractivity contribution in [3.8, 4) is 0 Å². The number of ether oxygens (including phenoxy) is 3. The highest BCUT2D eigenvalue weighted by molar-refractivity contribution is 5.35. The lowest BCUT2D eigenvalue weighted by Crippen LogP contribution is -2.31. The van der Waals surface area contributed by atoms with Crippen LogP contribution in [0.25, 0.3) is 0 Å². The molecule has 272 valence electrons. The molecule has 0 bridgehead atoms. The highest BCUT2D eigenvalue weighted by Gasteiger charge is 2.25. The summed E-state index contributed by atoms with van der Waals surface area (Å²) in [6.07, 6.45) is 18.6. The summed E-state index contributed by atoms with van der Waals surface area (Å²) in [6, 6.07) is 11.1. The second kappa shape index (κ2) is 19.4. The Morgan fingerprint density at radius 1 is 0.510 bits per heavy atom. The summed E-state index contributed by atoms with van der Waals surface area (Å²) in [6.45, 7) is 0. The molecule has 0 amide bonds. The summed E-state index contributed by atoms with van der Waals surface area (Å²) >= 11 is 0. The lowest BCUT2D eigenvalue weighted by atomic mass is 9.92. The zero-order valence-corrected chi connectivity index (χ0v) is 28.7. The number of rotatable bonds is 6. The number of methoxy groups -OCH3 is 3. The van der Waals surface area contributed by atoms with Crippen molar-refractivity contribution in [3.63, 3.8) is 0 Å². The number of aromatic nitrogens is 3. The fraction of sp³-hybridized carbons (Fsp3) is 0.595. The van der Waals surface area contributed by atoms with Crippen LogP contribution in [0.15, 0.2) is 69.4 Å². The third-order valence-electron chi connectivity index (χ3n) is 9.99. The molecule has 12 heteroatoms. The van der Waals surface area contributed by atoms with Crippen LogP contribution in [0.1, 0.15) is 103 Å². The van der Waals surface area contributed by atoms with Crippen molar-refractivity contribution in [3.05, 3.63) is 86.1 Å². The Balaban J connectivity index is 0.000000197. The van der Waals surface area contributed by atoms with Crippen LogP contribution in [-0.2, 0) is 14.2 Å². The Bertz CT molecular complexity index is 1430. The largest absolute Gasteiger partial charge is 0.394 e. The Kier molecular flexibility index (Phi) is 15.6. The molecule has 6 atom stereocenters. The SMILES string of the molecule is C.CO[C@@H]1CCC[C@H](n2cccc(N)c2=O)C1.CO[C@@H]1CCC[C@H](n2cccc(N)c2=O)C1.CO[C@H]1CCC[C@@H](n2cccc(N)c2=O)C1. The van der Waals surface area contributed by atoms with Crippen LogP contribution in [0, 0.1) is 0 Å². The minimum Gasteiger partial charge on any atom is -0.394 e. The van der Waals surface area contributed by atoms with Gasteiger partial charge in [-0.05, 0) is 113 Å². The molecule has 0 spiro atoms. The summed E-state index contributed by atoms with van der Waals surface area (Å²) in [5.41, 5.74) is 17.6. The van der Waals surface area contributed by atoms with Gasteiger partial charge < -0.3 is 45.1 Å². The normalized spacial score (nSPS) is 25.0. The van der Waals surface area contributed by atoms with Gasteiger partial charge in [0.1, 0.15) is 0 Å². The van der Waals surface area contributed by atoms with E-state index >= 15 is 0 Å². The molecule has 3 fully saturated rings. The maximum absolute atomic E-state index is 11.9. The number of nitrogens with zero attached hydrogens (tertiary/aromatic N) is 3. The molecule has 49 heavy (non-hydrogen) atoms. The molecular formula is C37H58N6O6. The molecule has 3 saturated carbocycles. The van der Waals surface area contributed by atoms with E-state index in [4.69, 9.17) is 31.4 Å². The Labute approximate surface area is 290 Å². The molecule has 0 unspecified atom stereocenters. The average Bonchev–Trinajstić information content (AvgIpc) is 3.12. The molecule has 3 aliphatic carbocycles. The van der Waals surface area contributed by atoms with E-state index in [-0.39, 0.29) is 60.5 Å². The van der Waals surface area contributed by atoms with Crippen LogP contribution < -0.4 is 33.9 Å². The van der Waals surface area contributed by atoms with Gasteiger partial charge in [0.2, 0.25) is 0 Å². The molecule has 0 aromatic carbocycles. The summed E-state index contributed by atoms with van der Waals surface area (Å²) in [5, 5.41) is 0. The first kappa shape index (κ1) is 39.6. The van der Waals surface area contributed by atoms with Gasteiger partial charge in [-0.25, -0.2) is 0 Å². The lowest BCUT2D eigenvalue weighted by molar-refractivity contribution is 0.0523. The molecular weight excluding hydrogens is 624 g/mol. The van der Waals surface area contributed by atoms with Gasteiger partial charge in [-0.1, -0.05) is 7.43 Å². The molecule has 12 nitrogen and oxygen atoms in total. The van der Waals surface area contributed by atoms with E-state index in [0.29, 0.717) is 17.1 Å². The molecule has 0 aliphatic heterocycles. The molecule has 6 rings (SSSR count). The van der Waals surface area contributed by atoms with Crippen LogP contribution >= 0.6 is 0 Å².